The second kappa shape index (κ2) is 4.38. The largest absolute Gasteiger partial charge is 0.457 e. The summed E-state index contributed by atoms with van der Waals surface area (Å²) in [7, 11) is 0. The molecule has 3 heteroatoms. The predicted octanol–water partition coefficient (Wildman–Crippen LogP) is 1.59. The molecule has 0 heterocycles. The maximum absolute atomic E-state index is 10.3. The van der Waals surface area contributed by atoms with Gasteiger partial charge in [-0.3, -0.25) is 4.79 Å². The number of benzene rings is 1. The maximum atomic E-state index is 10.3. The zero-order valence-corrected chi connectivity index (χ0v) is 6.82. The van der Waals surface area contributed by atoms with Crippen molar-refractivity contribution in [3.63, 3.8) is 0 Å². The molecule has 1 rings (SSSR count). The van der Waals surface area contributed by atoms with Crippen molar-refractivity contribution in [2.75, 3.05) is 6.79 Å². The molecular weight excluding hydrogens is 156 g/mol. The molecule has 0 amide bonds. The molecule has 1 aromatic carbocycles. The molecular formula is C9H10O3. The summed E-state index contributed by atoms with van der Waals surface area (Å²) < 4.78 is 9.66. The molecule has 3 nitrogen and oxygen atoms in total. The van der Waals surface area contributed by atoms with Crippen LogP contribution >= 0.6 is 0 Å². The predicted molar refractivity (Wildman–Crippen MR) is 43.7 cm³/mol. The number of hydrogen-bond donors (Lipinski definition) is 0. The van der Waals surface area contributed by atoms with Crippen molar-refractivity contribution < 1.29 is 14.3 Å². The van der Waals surface area contributed by atoms with E-state index in [9.17, 15) is 4.79 Å². The summed E-state index contributed by atoms with van der Waals surface area (Å²) in [5.74, 6) is 0.352. The first-order valence-electron chi connectivity index (χ1n) is 3.60. The lowest BCUT2D eigenvalue weighted by Gasteiger charge is -2.04. The number of carbonyl (C=O) groups excluding carboxylic acids is 1. The summed E-state index contributed by atoms with van der Waals surface area (Å²) in [6.45, 7) is 1.31. The van der Waals surface area contributed by atoms with Crippen LogP contribution in [0.5, 0.6) is 5.75 Å². The fraction of sp³-hybridized carbons (Fsp3) is 0.222. The molecule has 1 aromatic rings. The van der Waals surface area contributed by atoms with Gasteiger partial charge in [-0.2, -0.15) is 0 Å². The lowest BCUT2D eigenvalue weighted by atomic mass is 10.3. The van der Waals surface area contributed by atoms with Gasteiger partial charge in [-0.1, -0.05) is 18.2 Å². The monoisotopic (exact) mass is 166 g/mol. The van der Waals surface area contributed by atoms with Crippen LogP contribution in [0.3, 0.4) is 0 Å². The molecule has 12 heavy (non-hydrogen) atoms. The Kier molecular flexibility index (Phi) is 3.14. The number of ether oxygens (including phenoxy) is 2. The molecule has 0 aliphatic carbocycles. The zero-order valence-electron chi connectivity index (χ0n) is 6.82. The summed E-state index contributed by atoms with van der Waals surface area (Å²) in [4.78, 5) is 10.3. The van der Waals surface area contributed by atoms with Gasteiger partial charge in [0, 0.05) is 6.92 Å². The summed E-state index contributed by atoms with van der Waals surface area (Å²) in [5.41, 5.74) is 0. The quantitative estimate of drug-likeness (QED) is 0.505. The molecule has 0 unspecified atom stereocenters. The number of esters is 1. The number of carbonyl (C=O) groups is 1. The SMILES string of the molecule is CC(=O)OCOc1ccccc1. The minimum absolute atomic E-state index is 0.0284. The van der Waals surface area contributed by atoms with E-state index in [1.807, 2.05) is 18.2 Å². The number of rotatable bonds is 3. The molecule has 0 bridgehead atoms. The zero-order chi connectivity index (χ0) is 8.81. The fourth-order valence-corrected chi connectivity index (χ4v) is 0.697. The summed E-state index contributed by atoms with van der Waals surface area (Å²) in [6.07, 6.45) is 0. The van der Waals surface area contributed by atoms with E-state index in [1.165, 1.54) is 6.92 Å². The molecule has 0 fully saturated rings. The molecule has 0 atom stereocenters. The van der Waals surface area contributed by atoms with Crippen LogP contribution < -0.4 is 4.74 Å². The molecule has 64 valence electrons. The van der Waals surface area contributed by atoms with Crippen LogP contribution in [0.2, 0.25) is 0 Å². The lowest BCUT2D eigenvalue weighted by molar-refractivity contribution is -0.147. The Morgan fingerprint density at radius 1 is 1.33 bits per heavy atom. The summed E-state index contributed by atoms with van der Waals surface area (Å²) in [6, 6.07) is 9.18. The molecule has 0 radical (unpaired) electrons. The van der Waals surface area contributed by atoms with Gasteiger partial charge < -0.3 is 9.47 Å². The standard InChI is InChI=1S/C9H10O3/c1-8(10)11-7-12-9-5-3-2-4-6-9/h2-6H,7H2,1H3. The fourth-order valence-electron chi connectivity index (χ4n) is 0.697. The number of hydrogen-bond acceptors (Lipinski definition) is 3. The van der Waals surface area contributed by atoms with Crippen molar-refractivity contribution in [2.45, 2.75) is 6.92 Å². The van der Waals surface area contributed by atoms with E-state index < -0.39 is 0 Å². The third kappa shape index (κ3) is 3.05. The van der Waals surface area contributed by atoms with E-state index in [2.05, 4.69) is 4.74 Å². The first kappa shape index (κ1) is 8.59. The first-order valence-corrected chi connectivity index (χ1v) is 3.60. The van der Waals surface area contributed by atoms with E-state index in [0.29, 0.717) is 5.75 Å². The summed E-state index contributed by atoms with van der Waals surface area (Å²) >= 11 is 0. The molecule has 0 aromatic heterocycles. The van der Waals surface area contributed by atoms with Crippen molar-refractivity contribution in [1.82, 2.24) is 0 Å². The van der Waals surface area contributed by atoms with Crippen molar-refractivity contribution >= 4 is 5.97 Å². The Bertz CT molecular complexity index is 243. The normalized spacial score (nSPS) is 9.08. The van der Waals surface area contributed by atoms with Crippen LogP contribution in [0.15, 0.2) is 30.3 Å². The molecule has 0 aliphatic rings. The first-order chi connectivity index (χ1) is 5.79. The van der Waals surface area contributed by atoms with E-state index in [-0.39, 0.29) is 12.8 Å². The van der Waals surface area contributed by atoms with Gasteiger partial charge in [0.15, 0.2) is 0 Å². The summed E-state index contributed by atoms with van der Waals surface area (Å²) in [5, 5.41) is 0. The van der Waals surface area contributed by atoms with Crippen molar-refractivity contribution in [3.05, 3.63) is 30.3 Å². The van der Waals surface area contributed by atoms with Crippen LogP contribution in [0.1, 0.15) is 6.92 Å². The van der Waals surface area contributed by atoms with Crippen LogP contribution in [0, 0.1) is 0 Å². The van der Waals surface area contributed by atoms with Gasteiger partial charge in [0.1, 0.15) is 5.75 Å². The molecule has 0 aliphatic heterocycles. The van der Waals surface area contributed by atoms with Gasteiger partial charge in [0.05, 0.1) is 0 Å². The topological polar surface area (TPSA) is 35.5 Å². The average Bonchev–Trinajstić information content (AvgIpc) is 2.05. The third-order valence-electron chi connectivity index (χ3n) is 1.23. The van der Waals surface area contributed by atoms with E-state index in [0.717, 1.165) is 0 Å². The van der Waals surface area contributed by atoms with Gasteiger partial charge in [-0.05, 0) is 12.1 Å². The second-order valence-electron chi connectivity index (χ2n) is 2.21. The highest BCUT2D eigenvalue weighted by Crippen LogP contribution is 2.07. The maximum Gasteiger partial charge on any atom is 0.305 e. The third-order valence-corrected chi connectivity index (χ3v) is 1.23. The van der Waals surface area contributed by atoms with Crippen LogP contribution in [0.4, 0.5) is 0 Å². The highest BCUT2D eigenvalue weighted by molar-refractivity contribution is 5.65. The molecule has 0 saturated heterocycles. The Hall–Kier alpha value is -1.51. The van der Waals surface area contributed by atoms with Gasteiger partial charge in [-0.25, -0.2) is 0 Å². The van der Waals surface area contributed by atoms with Gasteiger partial charge in [0.25, 0.3) is 0 Å². The molecule has 0 saturated carbocycles. The van der Waals surface area contributed by atoms with Crippen molar-refractivity contribution in [1.29, 1.82) is 0 Å². The van der Waals surface area contributed by atoms with Crippen molar-refractivity contribution in [2.24, 2.45) is 0 Å². The van der Waals surface area contributed by atoms with Gasteiger partial charge >= 0.3 is 5.97 Å². The van der Waals surface area contributed by atoms with Crippen LogP contribution in [-0.2, 0) is 9.53 Å². The van der Waals surface area contributed by atoms with E-state index in [1.54, 1.807) is 12.1 Å². The highest BCUT2D eigenvalue weighted by atomic mass is 16.7. The second-order valence-corrected chi connectivity index (χ2v) is 2.21. The Morgan fingerprint density at radius 3 is 2.58 bits per heavy atom. The minimum atomic E-state index is -0.342. The van der Waals surface area contributed by atoms with Crippen LogP contribution in [0.25, 0.3) is 0 Å². The Labute approximate surface area is 70.9 Å². The Morgan fingerprint density at radius 2 is 2.00 bits per heavy atom. The highest BCUT2D eigenvalue weighted by Gasteiger charge is 1.92. The van der Waals surface area contributed by atoms with Crippen LogP contribution in [-0.4, -0.2) is 12.8 Å². The number of para-hydroxylation sites is 1. The van der Waals surface area contributed by atoms with Gasteiger partial charge in [0.2, 0.25) is 6.79 Å². The minimum Gasteiger partial charge on any atom is -0.457 e. The van der Waals surface area contributed by atoms with Gasteiger partial charge in [-0.15, -0.1) is 0 Å². The molecule has 0 spiro atoms. The van der Waals surface area contributed by atoms with Crippen molar-refractivity contribution in [3.8, 4) is 5.75 Å². The van der Waals surface area contributed by atoms with E-state index in [4.69, 9.17) is 4.74 Å². The Balaban J connectivity index is 2.29. The average molecular weight is 166 g/mol. The lowest BCUT2D eigenvalue weighted by Crippen LogP contribution is -2.06. The smallest absolute Gasteiger partial charge is 0.305 e. The van der Waals surface area contributed by atoms with E-state index >= 15 is 0 Å². The molecule has 0 N–H and O–H groups in total.